The van der Waals surface area contributed by atoms with E-state index in [2.05, 4.69) is 6.07 Å². The largest absolute Gasteiger partial charge is 1.00 e. The Morgan fingerprint density at radius 1 is 1.27 bits per heavy atom. The van der Waals surface area contributed by atoms with Crippen molar-refractivity contribution in [2.45, 2.75) is 13.1 Å². The topological polar surface area (TPSA) is 52.0 Å². The van der Waals surface area contributed by atoms with Crippen molar-refractivity contribution < 1.29 is 18.9 Å². The molecule has 0 aromatic heterocycles. The Balaban J connectivity index is 0.000001000. The summed E-state index contributed by atoms with van der Waals surface area (Å²) in [5.41, 5.74) is 12.9. The average molecular weight is 142 g/mol. The van der Waals surface area contributed by atoms with Crippen molar-refractivity contribution in [2.75, 3.05) is 0 Å². The van der Waals surface area contributed by atoms with Crippen LogP contribution < -0.4 is 30.3 Å². The summed E-state index contributed by atoms with van der Waals surface area (Å²) < 4.78 is 0. The summed E-state index contributed by atoms with van der Waals surface area (Å²) in [7, 11) is 0. The smallest absolute Gasteiger partial charge is 0.328 e. The van der Waals surface area contributed by atoms with Gasteiger partial charge in [-0.05, 0) is 13.1 Å². The SMILES string of the molecule is NCc1[c-]ccc(CN)c1.[Li+]. The van der Waals surface area contributed by atoms with E-state index in [1.165, 1.54) is 0 Å². The first-order valence-corrected chi connectivity index (χ1v) is 3.26. The third-order valence-electron chi connectivity index (χ3n) is 1.38. The maximum absolute atomic E-state index is 5.42. The second-order valence-corrected chi connectivity index (χ2v) is 2.13. The molecule has 0 aliphatic heterocycles. The van der Waals surface area contributed by atoms with Gasteiger partial charge >= 0.3 is 18.9 Å². The Labute approximate surface area is 79.1 Å². The van der Waals surface area contributed by atoms with E-state index >= 15 is 0 Å². The first kappa shape index (κ1) is 10.7. The van der Waals surface area contributed by atoms with Crippen LogP contribution in [0.2, 0.25) is 0 Å². The normalized spacial score (nSPS) is 8.91. The van der Waals surface area contributed by atoms with Crippen LogP contribution in [0.4, 0.5) is 0 Å². The molecule has 0 spiro atoms. The molecule has 1 aromatic carbocycles. The van der Waals surface area contributed by atoms with Crippen molar-refractivity contribution in [3.63, 3.8) is 0 Å². The molecule has 0 bridgehead atoms. The van der Waals surface area contributed by atoms with Crippen molar-refractivity contribution in [1.82, 2.24) is 0 Å². The summed E-state index contributed by atoms with van der Waals surface area (Å²) in [6, 6.07) is 8.78. The third kappa shape index (κ3) is 3.09. The number of hydrogen-bond donors (Lipinski definition) is 2. The Kier molecular flexibility index (Phi) is 5.27. The monoisotopic (exact) mass is 142 g/mol. The molecule has 0 heterocycles. The molecule has 0 radical (unpaired) electrons. The van der Waals surface area contributed by atoms with Crippen LogP contribution in [0.5, 0.6) is 0 Å². The molecule has 0 aliphatic carbocycles. The van der Waals surface area contributed by atoms with Crippen LogP contribution in [-0.2, 0) is 13.1 Å². The molecule has 3 heteroatoms. The third-order valence-corrected chi connectivity index (χ3v) is 1.38. The standard InChI is InChI=1S/C8H11N2.Li/c9-5-7-2-1-3-8(4-7)6-10;/h1-2,4H,5-6,9-10H2;/q-1;+1. The van der Waals surface area contributed by atoms with Crippen LogP contribution in [0.25, 0.3) is 0 Å². The predicted octanol–water partition coefficient (Wildman–Crippen LogP) is -2.59. The molecule has 1 aromatic rings. The molecule has 0 saturated heterocycles. The van der Waals surface area contributed by atoms with Gasteiger partial charge in [0.25, 0.3) is 0 Å². The molecule has 2 nitrogen and oxygen atoms in total. The first-order chi connectivity index (χ1) is 4.86. The fourth-order valence-electron chi connectivity index (χ4n) is 0.814. The van der Waals surface area contributed by atoms with Crippen molar-refractivity contribution in [3.8, 4) is 0 Å². The van der Waals surface area contributed by atoms with Crippen LogP contribution in [0.15, 0.2) is 18.2 Å². The van der Waals surface area contributed by atoms with Gasteiger partial charge in [0.2, 0.25) is 0 Å². The Morgan fingerprint density at radius 3 is 2.55 bits per heavy atom. The maximum atomic E-state index is 5.42. The van der Waals surface area contributed by atoms with Gasteiger partial charge in [0, 0.05) is 0 Å². The van der Waals surface area contributed by atoms with E-state index in [1.54, 1.807) is 0 Å². The van der Waals surface area contributed by atoms with Crippen LogP contribution in [0.1, 0.15) is 11.1 Å². The number of hydrogen-bond acceptors (Lipinski definition) is 2. The van der Waals surface area contributed by atoms with E-state index in [9.17, 15) is 0 Å². The minimum absolute atomic E-state index is 0. The van der Waals surface area contributed by atoms with Gasteiger partial charge in [0.05, 0.1) is 0 Å². The first-order valence-electron chi connectivity index (χ1n) is 3.26. The van der Waals surface area contributed by atoms with Gasteiger partial charge in [-0.1, -0.05) is 0 Å². The zero-order valence-electron chi connectivity index (χ0n) is 6.80. The fraction of sp³-hybridized carbons (Fsp3) is 0.250. The zero-order chi connectivity index (χ0) is 7.40. The fourth-order valence-corrected chi connectivity index (χ4v) is 0.814. The molecular formula is C8H11LiN2. The van der Waals surface area contributed by atoms with Gasteiger partial charge in [-0.2, -0.15) is 24.3 Å². The van der Waals surface area contributed by atoms with Gasteiger partial charge < -0.3 is 11.5 Å². The molecule has 4 N–H and O–H groups in total. The summed E-state index contributed by atoms with van der Waals surface area (Å²) in [5, 5.41) is 0. The van der Waals surface area contributed by atoms with Crippen molar-refractivity contribution >= 4 is 0 Å². The van der Waals surface area contributed by atoms with Gasteiger partial charge in [-0.3, -0.25) is 0 Å². The molecule has 54 valence electrons. The molecule has 0 saturated carbocycles. The van der Waals surface area contributed by atoms with Crippen molar-refractivity contribution in [3.05, 3.63) is 35.4 Å². The summed E-state index contributed by atoms with van der Waals surface area (Å²) in [6.07, 6.45) is 0. The van der Waals surface area contributed by atoms with E-state index in [-0.39, 0.29) is 18.9 Å². The Bertz CT molecular complexity index is 194. The van der Waals surface area contributed by atoms with Crippen molar-refractivity contribution in [1.29, 1.82) is 0 Å². The summed E-state index contributed by atoms with van der Waals surface area (Å²) in [4.78, 5) is 0. The van der Waals surface area contributed by atoms with E-state index in [0.29, 0.717) is 13.1 Å². The number of rotatable bonds is 2. The molecule has 0 fully saturated rings. The Hall–Kier alpha value is -0.263. The molecular weight excluding hydrogens is 131 g/mol. The average Bonchev–Trinajstić information content (AvgIpc) is 2.05. The van der Waals surface area contributed by atoms with Gasteiger partial charge in [-0.15, -0.1) is 11.1 Å². The van der Waals surface area contributed by atoms with Gasteiger partial charge in [0.15, 0.2) is 0 Å². The molecule has 0 amide bonds. The minimum Gasteiger partial charge on any atom is -0.328 e. The summed E-state index contributed by atoms with van der Waals surface area (Å²) >= 11 is 0. The summed E-state index contributed by atoms with van der Waals surface area (Å²) in [6.45, 7) is 1.11. The van der Waals surface area contributed by atoms with Gasteiger partial charge in [0.1, 0.15) is 0 Å². The van der Waals surface area contributed by atoms with E-state index in [4.69, 9.17) is 11.5 Å². The molecule has 1 rings (SSSR count). The van der Waals surface area contributed by atoms with E-state index < -0.39 is 0 Å². The van der Waals surface area contributed by atoms with E-state index in [1.807, 2.05) is 18.2 Å². The predicted molar refractivity (Wildman–Crippen MR) is 41.1 cm³/mol. The minimum atomic E-state index is 0. The molecule has 0 aliphatic rings. The molecule has 0 atom stereocenters. The second-order valence-electron chi connectivity index (χ2n) is 2.13. The summed E-state index contributed by atoms with van der Waals surface area (Å²) in [5.74, 6) is 0. The van der Waals surface area contributed by atoms with Crippen LogP contribution in [0, 0.1) is 6.07 Å². The number of benzene rings is 1. The maximum Gasteiger partial charge on any atom is 1.00 e. The van der Waals surface area contributed by atoms with Crippen LogP contribution >= 0.6 is 0 Å². The second kappa shape index (κ2) is 5.40. The van der Waals surface area contributed by atoms with Crippen LogP contribution in [0.3, 0.4) is 0 Å². The molecule has 0 unspecified atom stereocenters. The molecule has 11 heavy (non-hydrogen) atoms. The number of nitrogens with two attached hydrogens (primary N) is 2. The van der Waals surface area contributed by atoms with Gasteiger partial charge in [-0.25, -0.2) is 0 Å². The Morgan fingerprint density at radius 2 is 2.00 bits per heavy atom. The van der Waals surface area contributed by atoms with Crippen LogP contribution in [-0.4, -0.2) is 0 Å². The van der Waals surface area contributed by atoms with E-state index in [0.717, 1.165) is 11.1 Å². The zero-order valence-corrected chi connectivity index (χ0v) is 6.80. The van der Waals surface area contributed by atoms with Crippen molar-refractivity contribution in [2.24, 2.45) is 11.5 Å². The quantitative estimate of drug-likeness (QED) is 0.351.